The number of hydrogen-bond acceptors (Lipinski definition) is 5. The molecule has 0 heterocycles. The second-order valence-corrected chi connectivity index (χ2v) is 9.09. The first-order valence-corrected chi connectivity index (χ1v) is 9.78. The number of ketones is 2. The van der Waals surface area contributed by atoms with E-state index < -0.39 is 52.9 Å². The molecule has 27 heavy (non-hydrogen) atoms. The molecular weight excluding hydrogens is 351 g/mol. The van der Waals surface area contributed by atoms with Crippen LogP contribution in [0.3, 0.4) is 0 Å². The zero-order valence-electron chi connectivity index (χ0n) is 15.7. The normalized spacial score (nSPS) is 51.3. The van der Waals surface area contributed by atoms with Crippen LogP contribution < -0.4 is 0 Å². The Hall–Kier alpha value is -1.37. The first-order chi connectivity index (χ1) is 12.6. The molecular formula is C21H27FO5. The lowest BCUT2D eigenvalue weighted by molar-refractivity contribution is -0.191. The van der Waals surface area contributed by atoms with E-state index in [0.29, 0.717) is 24.8 Å². The number of hydrogen-bond donors (Lipinski definition) is 3. The van der Waals surface area contributed by atoms with Crippen LogP contribution in [0.25, 0.3) is 0 Å². The van der Waals surface area contributed by atoms with Crippen LogP contribution in [0.4, 0.5) is 4.39 Å². The van der Waals surface area contributed by atoms with E-state index in [1.807, 2.05) is 0 Å². The number of carbonyl (C=O) groups excluding carboxylic acids is 2. The first-order valence-electron chi connectivity index (χ1n) is 9.78. The summed E-state index contributed by atoms with van der Waals surface area (Å²) in [5.74, 6) is -2.56. The number of aliphatic hydroxyl groups is 3. The maximum Gasteiger partial charge on any atom is 0.190 e. The monoisotopic (exact) mass is 378 g/mol. The summed E-state index contributed by atoms with van der Waals surface area (Å²) in [5.41, 5.74) is -4.04. The Labute approximate surface area is 158 Å². The minimum absolute atomic E-state index is 0.0328. The molecule has 4 rings (SSSR count). The lowest BCUT2D eigenvalue weighted by Crippen LogP contribution is -2.66. The summed E-state index contributed by atoms with van der Waals surface area (Å²) in [6.07, 6.45) is 4.55. The Morgan fingerprint density at radius 3 is 2.70 bits per heavy atom. The van der Waals surface area contributed by atoms with Crippen LogP contribution >= 0.6 is 0 Å². The molecule has 4 aliphatic carbocycles. The van der Waals surface area contributed by atoms with Crippen molar-refractivity contribution < 1.29 is 29.3 Å². The number of alkyl halides is 1. The largest absolute Gasteiger partial charge is 0.390 e. The molecule has 0 aromatic carbocycles. The maximum atomic E-state index is 16.7. The fraction of sp³-hybridized carbons (Fsp3) is 0.714. The molecule has 148 valence electrons. The van der Waals surface area contributed by atoms with Gasteiger partial charge in [0.15, 0.2) is 17.2 Å². The van der Waals surface area contributed by atoms with Crippen LogP contribution in [-0.4, -0.2) is 50.9 Å². The third-order valence-electron chi connectivity index (χ3n) is 8.15. The van der Waals surface area contributed by atoms with Gasteiger partial charge in [-0.2, -0.15) is 0 Å². The Kier molecular flexibility index (Phi) is 4.09. The Bertz CT molecular complexity index is 760. The van der Waals surface area contributed by atoms with E-state index in [1.165, 1.54) is 12.2 Å². The highest BCUT2D eigenvalue weighted by Gasteiger charge is 2.71. The van der Waals surface area contributed by atoms with E-state index >= 15 is 4.39 Å². The van der Waals surface area contributed by atoms with Crippen LogP contribution in [-0.2, 0) is 9.59 Å². The number of Topliss-reactive ketones (excluding diaryl/α,β-unsaturated/α-hetero) is 1. The van der Waals surface area contributed by atoms with E-state index in [1.54, 1.807) is 19.9 Å². The lowest BCUT2D eigenvalue weighted by atomic mass is 9.48. The maximum absolute atomic E-state index is 16.7. The first kappa shape index (κ1) is 19.0. The van der Waals surface area contributed by atoms with Crippen molar-refractivity contribution in [2.24, 2.45) is 29.1 Å². The second-order valence-electron chi connectivity index (χ2n) is 9.09. The smallest absolute Gasteiger partial charge is 0.190 e. The Morgan fingerprint density at radius 2 is 2.04 bits per heavy atom. The highest BCUT2D eigenvalue weighted by molar-refractivity contribution is 6.01. The van der Waals surface area contributed by atoms with E-state index in [0.717, 1.165) is 0 Å². The van der Waals surface area contributed by atoms with Crippen molar-refractivity contribution in [1.82, 2.24) is 0 Å². The van der Waals surface area contributed by atoms with E-state index in [2.05, 4.69) is 0 Å². The lowest BCUT2D eigenvalue weighted by Gasteiger charge is -2.59. The van der Waals surface area contributed by atoms with Gasteiger partial charge in [-0.3, -0.25) is 9.59 Å². The van der Waals surface area contributed by atoms with Crippen molar-refractivity contribution in [3.05, 3.63) is 23.8 Å². The zero-order valence-corrected chi connectivity index (χ0v) is 15.7. The SMILES string of the molecule is C[C@H]1C[C@H]2C(C[C@@H](O)[C@]3(F)[C@@H]2CCC2=CC(=O)C=C[C@]23C)[C@]1(O)C(=O)CO. The summed E-state index contributed by atoms with van der Waals surface area (Å²) < 4.78 is 16.7. The molecule has 3 saturated carbocycles. The minimum atomic E-state index is -1.96. The standard InChI is InChI=1S/C21H27FO5/c1-11-7-14-15-4-3-12-8-13(24)5-6-19(12,2)21(15,22)17(25)9-16(14)20(11,27)18(26)10-23/h5-6,8,11,14-17,23,25,27H,3-4,7,9-10H2,1-2H3/t11-,14+,15+,16?,17+,19+,20-,21+/m0/s1. The molecule has 0 aromatic rings. The summed E-state index contributed by atoms with van der Waals surface area (Å²) in [4.78, 5) is 24.1. The van der Waals surface area contributed by atoms with Gasteiger partial charge in [0, 0.05) is 17.3 Å². The van der Waals surface area contributed by atoms with E-state index in [9.17, 15) is 24.9 Å². The third kappa shape index (κ3) is 2.15. The van der Waals surface area contributed by atoms with Crippen LogP contribution in [0, 0.1) is 29.1 Å². The van der Waals surface area contributed by atoms with Crippen molar-refractivity contribution in [3.8, 4) is 0 Å². The summed E-state index contributed by atoms with van der Waals surface area (Å²) in [5, 5.41) is 31.4. The number of aliphatic hydroxyl groups excluding tert-OH is 2. The average Bonchev–Trinajstić information content (AvgIpc) is 2.88. The van der Waals surface area contributed by atoms with Crippen LogP contribution in [0.15, 0.2) is 23.8 Å². The highest BCUT2D eigenvalue weighted by atomic mass is 19.1. The van der Waals surface area contributed by atoms with Gasteiger partial charge in [-0.15, -0.1) is 0 Å². The highest BCUT2D eigenvalue weighted by Crippen LogP contribution is 2.66. The fourth-order valence-electron chi connectivity index (χ4n) is 6.72. The molecule has 8 atom stereocenters. The average molecular weight is 378 g/mol. The molecule has 1 unspecified atom stereocenters. The molecule has 5 nitrogen and oxygen atoms in total. The van der Waals surface area contributed by atoms with Gasteiger partial charge in [0.1, 0.15) is 12.2 Å². The van der Waals surface area contributed by atoms with Gasteiger partial charge < -0.3 is 15.3 Å². The molecule has 0 aliphatic heterocycles. The predicted octanol–water partition coefficient (Wildman–Crippen LogP) is 1.51. The molecule has 0 saturated heterocycles. The topological polar surface area (TPSA) is 94.8 Å². The Balaban J connectivity index is 1.78. The van der Waals surface area contributed by atoms with Gasteiger partial charge in [0.2, 0.25) is 0 Å². The van der Waals surface area contributed by atoms with Crippen LogP contribution in [0.5, 0.6) is 0 Å². The molecule has 0 radical (unpaired) electrons. The quantitative estimate of drug-likeness (QED) is 0.677. The summed E-state index contributed by atoms with van der Waals surface area (Å²) in [7, 11) is 0. The molecule has 0 bridgehead atoms. The van der Waals surface area contributed by atoms with Crippen molar-refractivity contribution in [1.29, 1.82) is 0 Å². The van der Waals surface area contributed by atoms with E-state index in [4.69, 9.17) is 0 Å². The summed E-state index contributed by atoms with van der Waals surface area (Å²) in [6, 6.07) is 0. The molecule has 0 spiro atoms. The molecule has 4 aliphatic rings. The summed E-state index contributed by atoms with van der Waals surface area (Å²) in [6.45, 7) is 2.73. The van der Waals surface area contributed by atoms with Crippen molar-refractivity contribution >= 4 is 11.6 Å². The third-order valence-corrected chi connectivity index (χ3v) is 8.15. The van der Waals surface area contributed by atoms with Gasteiger partial charge >= 0.3 is 0 Å². The molecule has 6 heteroatoms. The van der Waals surface area contributed by atoms with Crippen molar-refractivity contribution in [3.63, 3.8) is 0 Å². The number of carbonyl (C=O) groups is 2. The van der Waals surface area contributed by atoms with E-state index in [-0.39, 0.29) is 18.1 Å². The Morgan fingerprint density at radius 1 is 1.33 bits per heavy atom. The van der Waals surface area contributed by atoms with Gasteiger partial charge in [-0.05, 0) is 56.6 Å². The fourth-order valence-corrected chi connectivity index (χ4v) is 6.72. The number of allylic oxidation sites excluding steroid dienone is 4. The molecule has 3 fully saturated rings. The molecule has 3 N–H and O–H groups in total. The van der Waals surface area contributed by atoms with Crippen LogP contribution in [0.2, 0.25) is 0 Å². The second kappa shape index (κ2) is 5.82. The van der Waals surface area contributed by atoms with Crippen LogP contribution in [0.1, 0.15) is 39.5 Å². The van der Waals surface area contributed by atoms with Gasteiger partial charge in [-0.25, -0.2) is 4.39 Å². The number of rotatable bonds is 2. The summed E-state index contributed by atoms with van der Waals surface area (Å²) >= 11 is 0. The van der Waals surface area contributed by atoms with Gasteiger partial charge in [0.25, 0.3) is 0 Å². The zero-order chi connectivity index (χ0) is 19.8. The molecule has 0 aromatic heterocycles. The number of halogens is 1. The van der Waals surface area contributed by atoms with Crippen molar-refractivity contribution in [2.75, 3.05) is 6.61 Å². The number of fused-ring (bicyclic) bond motifs is 5. The van der Waals surface area contributed by atoms with Gasteiger partial charge in [-0.1, -0.05) is 18.6 Å². The van der Waals surface area contributed by atoms with Crippen molar-refractivity contribution in [2.45, 2.75) is 56.9 Å². The minimum Gasteiger partial charge on any atom is -0.390 e. The molecule has 0 amide bonds. The predicted molar refractivity (Wildman–Crippen MR) is 95.3 cm³/mol. The van der Waals surface area contributed by atoms with Gasteiger partial charge in [0.05, 0.1) is 6.10 Å².